The van der Waals surface area contributed by atoms with Gasteiger partial charge in [-0.15, -0.1) is 0 Å². The molecule has 117 heavy (non-hydrogen) atoms. The molecule has 0 amide bonds. The quantitative estimate of drug-likeness (QED) is 0.0399. The summed E-state index contributed by atoms with van der Waals surface area (Å²) in [7, 11) is 0. The number of ether oxygens (including phenoxy) is 2. The van der Waals surface area contributed by atoms with Crippen LogP contribution in [0.2, 0.25) is 0 Å². The zero-order chi connectivity index (χ0) is 80.7. The molecule has 2 unspecified atom stereocenters. The van der Waals surface area contributed by atoms with Gasteiger partial charge in [-0.2, -0.15) is 0 Å². The lowest BCUT2D eigenvalue weighted by atomic mass is 9.67. The minimum atomic E-state index is -1.02. The van der Waals surface area contributed by atoms with Crippen molar-refractivity contribution in [2.75, 3.05) is 23.0 Å². The van der Waals surface area contributed by atoms with Gasteiger partial charge in [0.05, 0.1) is 46.2 Å². The highest BCUT2D eigenvalue weighted by molar-refractivity contribution is 6.19. The molecule has 0 bridgehead atoms. The smallest absolute Gasteiger partial charge is 0.160 e. The van der Waals surface area contributed by atoms with Crippen LogP contribution < -0.4 is 14.5 Å². The Kier molecular flexibility index (Phi) is 21.0. The fourth-order valence-electron chi connectivity index (χ4n) is 18.0. The third kappa shape index (κ3) is 14.4. The number of hydrogen-bond acceptors (Lipinski definition) is 5. The van der Waals surface area contributed by atoms with Crippen LogP contribution >= 0.6 is 0 Å². The Balaban J connectivity index is 0.799. The van der Waals surface area contributed by atoms with E-state index in [2.05, 4.69) is 261 Å². The predicted molar refractivity (Wildman–Crippen MR) is 474 cm³/mol. The van der Waals surface area contributed by atoms with Crippen molar-refractivity contribution in [2.24, 2.45) is 0 Å². The molecule has 1 heterocycles. The van der Waals surface area contributed by atoms with Crippen molar-refractivity contribution in [2.45, 2.75) is 115 Å². The number of aryl methyl sites for hydroxylation is 2. The number of fused-ring (bicyclic) bond motifs is 9. The molecular weight excluding hydrogens is 1450 g/mol. The number of benzene rings is 14. The average Bonchev–Trinajstić information content (AvgIpc) is 1.55. The molecule has 0 aliphatic heterocycles. The zero-order valence-electron chi connectivity index (χ0n) is 67.1. The predicted octanol–water partition coefficient (Wildman–Crippen LogP) is 29.0. The summed E-state index contributed by atoms with van der Waals surface area (Å²) in [4.78, 5) is 4.00. The second-order valence-electron chi connectivity index (χ2n) is 33.3. The van der Waals surface area contributed by atoms with Gasteiger partial charge in [-0.25, -0.2) is 17.6 Å². The number of unbranched alkanes of at least 4 members (excludes halogenated alkanes) is 3. The van der Waals surface area contributed by atoms with Gasteiger partial charge in [0.2, 0.25) is 0 Å². The molecule has 9 heteroatoms. The first-order chi connectivity index (χ1) is 56.8. The standard InChI is InChI=1S/C108H94F4N2O3/c1-9-71-32-34-75(35-33-71)70-115-64-18-11-12-22-73-36-42-78(43-37-73)107(80-50-46-76(47-51-80)105(3,4)5)91-26-15-13-24-87(91)89-60-54-82(66-93(89)107)113(84-56-62-95(109)97(111)68-84)99-28-20-30-101-103(99)104-100(29-21-31-102(104)117-101)114(85-57-63-96(110)98(112)69-85)83-55-61-90-88-25-14-16-27-92(88)108(94(90)67-83,81-52-48-77(49-53-81)106(6,7)8)79-44-38-74(39-45-79)23-17-19-65-116-86-58-40-72(10-2)41-59-86/h9-10,13-16,20-21,24-63,66-69H,1-2,11-12,17-19,22-23,64-65,70H2,3-8H3. The van der Waals surface area contributed by atoms with Gasteiger partial charge in [-0.1, -0.05) is 280 Å². The molecule has 2 aliphatic carbocycles. The summed E-state index contributed by atoms with van der Waals surface area (Å²) < 4.78 is 84.0. The maximum atomic E-state index is 16.6. The summed E-state index contributed by atoms with van der Waals surface area (Å²) in [6.45, 7) is 23.0. The molecule has 1 aromatic heterocycles. The molecule has 0 saturated carbocycles. The van der Waals surface area contributed by atoms with E-state index in [1.165, 1.54) is 46.5 Å². The normalized spacial score (nSPS) is 14.8. The second-order valence-corrected chi connectivity index (χ2v) is 33.3. The first-order valence-electron chi connectivity index (χ1n) is 40.8. The van der Waals surface area contributed by atoms with Crippen molar-refractivity contribution in [1.82, 2.24) is 0 Å². The molecule has 14 aromatic carbocycles. The van der Waals surface area contributed by atoms with E-state index in [1.54, 1.807) is 12.1 Å². The number of rotatable bonds is 26. The fraction of sp³-hybridized carbons (Fsp3) is 0.185. The molecule has 5 nitrogen and oxygen atoms in total. The van der Waals surface area contributed by atoms with Crippen LogP contribution in [0.5, 0.6) is 5.75 Å². The third-order valence-electron chi connectivity index (χ3n) is 24.0. The van der Waals surface area contributed by atoms with Gasteiger partial charge in [-0.05, 0) is 240 Å². The van der Waals surface area contributed by atoms with Crippen LogP contribution in [0.15, 0.2) is 321 Å². The summed E-state index contributed by atoms with van der Waals surface area (Å²) in [5, 5.41) is 1.28. The Labute approximate surface area is 684 Å². The molecule has 0 spiro atoms. The van der Waals surface area contributed by atoms with Crippen LogP contribution in [0.25, 0.3) is 56.3 Å². The highest BCUT2D eigenvalue weighted by Gasteiger charge is 2.49. The Morgan fingerprint density at radius 3 is 1.17 bits per heavy atom. The van der Waals surface area contributed by atoms with Crippen molar-refractivity contribution in [3.05, 3.63) is 423 Å². The number of furan rings is 1. The molecule has 15 aromatic rings. The van der Waals surface area contributed by atoms with Crippen molar-refractivity contribution in [1.29, 1.82) is 0 Å². The monoisotopic (exact) mass is 1540 g/mol. The number of nitrogens with zero attached hydrogens (tertiary/aromatic N) is 2. The molecule has 17 rings (SSSR count). The summed E-state index contributed by atoms with van der Waals surface area (Å²) in [5.41, 5.74) is 23.1. The summed E-state index contributed by atoms with van der Waals surface area (Å²) in [6, 6.07) is 103. The zero-order valence-corrected chi connectivity index (χ0v) is 67.1. The summed E-state index contributed by atoms with van der Waals surface area (Å²) in [5.74, 6) is -3.18. The Morgan fingerprint density at radius 1 is 0.350 bits per heavy atom. The van der Waals surface area contributed by atoms with Gasteiger partial charge in [0.25, 0.3) is 0 Å². The third-order valence-corrected chi connectivity index (χ3v) is 24.0. The van der Waals surface area contributed by atoms with Gasteiger partial charge < -0.3 is 23.7 Å². The van der Waals surface area contributed by atoms with E-state index in [0.29, 0.717) is 75.9 Å². The van der Waals surface area contributed by atoms with Crippen molar-refractivity contribution in [3.63, 3.8) is 0 Å². The summed E-state index contributed by atoms with van der Waals surface area (Å²) >= 11 is 0. The van der Waals surface area contributed by atoms with Gasteiger partial charge in [-0.3, -0.25) is 0 Å². The number of hydrogen-bond donors (Lipinski definition) is 0. The molecule has 582 valence electrons. The van der Waals surface area contributed by atoms with Gasteiger partial charge in [0.15, 0.2) is 23.3 Å². The van der Waals surface area contributed by atoms with E-state index in [9.17, 15) is 0 Å². The van der Waals surface area contributed by atoms with Crippen molar-refractivity contribution < 1.29 is 31.5 Å². The lowest BCUT2D eigenvalue weighted by Crippen LogP contribution is -2.29. The van der Waals surface area contributed by atoms with E-state index in [4.69, 9.17) is 13.9 Å². The first kappa shape index (κ1) is 77.0. The van der Waals surface area contributed by atoms with Crippen LogP contribution in [0, 0.1) is 23.3 Å². The van der Waals surface area contributed by atoms with Crippen molar-refractivity contribution in [3.8, 4) is 28.0 Å². The van der Waals surface area contributed by atoms with Gasteiger partial charge in [0.1, 0.15) is 16.9 Å². The maximum Gasteiger partial charge on any atom is 0.160 e. The van der Waals surface area contributed by atoms with Crippen LogP contribution in [0.4, 0.5) is 51.7 Å². The van der Waals surface area contributed by atoms with E-state index < -0.39 is 34.1 Å². The van der Waals surface area contributed by atoms with Crippen LogP contribution in [0.1, 0.15) is 157 Å². The van der Waals surface area contributed by atoms with Gasteiger partial charge >= 0.3 is 0 Å². The van der Waals surface area contributed by atoms with E-state index >= 15 is 17.6 Å². The minimum absolute atomic E-state index is 0.129. The van der Waals surface area contributed by atoms with Crippen LogP contribution in [0.3, 0.4) is 0 Å². The lowest BCUT2D eigenvalue weighted by Gasteiger charge is -2.36. The highest BCUT2D eigenvalue weighted by atomic mass is 19.2. The highest BCUT2D eigenvalue weighted by Crippen LogP contribution is 2.61. The lowest BCUT2D eigenvalue weighted by molar-refractivity contribution is 0.117. The number of anilines is 6. The average molecular weight is 1540 g/mol. The van der Waals surface area contributed by atoms with E-state index in [1.807, 2.05) is 82.6 Å². The maximum absolute atomic E-state index is 16.6. The van der Waals surface area contributed by atoms with Crippen LogP contribution in [-0.2, 0) is 45.8 Å². The molecule has 0 radical (unpaired) electrons. The topological polar surface area (TPSA) is 38.1 Å². The second kappa shape index (κ2) is 31.9. The first-order valence-corrected chi connectivity index (χ1v) is 40.8. The molecule has 0 saturated heterocycles. The molecule has 2 aliphatic rings. The molecular formula is C108H94F4N2O3. The van der Waals surface area contributed by atoms with E-state index in [0.717, 1.165) is 134 Å². The number of halogens is 4. The molecule has 0 N–H and O–H groups in total. The largest absolute Gasteiger partial charge is 0.494 e. The Bertz CT molecular complexity index is 6170. The minimum Gasteiger partial charge on any atom is -0.494 e. The SMILES string of the molecule is C=Cc1ccc(COCCCCCc2ccc(C3(c4ccc(C(C)(C)C)cc4)c4ccccc4-c4ccc(N(c5ccc(F)c(F)c5)c5cccc6oc7cccc(N(c8ccc(F)c(F)c8)c8ccc9c(c8)C(c8ccc(CCCCOc%10ccc(C=C)cc%10)cc8)(c8ccc(C(C)(C)C)cc8)c8ccccc8-9)c7c56)cc43)cc2)cc1. The van der Waals surface area contributed by atoms with Crippen LogP contribution in [-0.4, -0.2) is 13.2 Å². The fourth-order valence-corrected chi connectivity index (χ4v) is 18.0. The Hall–Kier alpha value is -12.6. The summed E-state index contributed by atoms with van der Waals surface area (Å²) in [6.07, 6.45) is 10.2. The van der Waals surface area contributed by atoms with Gasteiger partial charge in [0, 0.05) is 41.5 Å². The Morgan fingerprint density at radius 2 is 0.735 bits per heavy atom. The molecule has 2 atom stereocenters. The van der Waals surface area contributed by atoms with E-state index in [-0.39, 0.29) is 10.8 Å². The van der Waals surface area contributed by atoms with Crippen molar-refractivity contribution >= 4 is 68.2 Å². The molecule has 0 fully saturated rings.